The van der Waals surface area contributed by atoms with Gasteiger partial charge in [-0.2, -0.15) is 0 Å². The van der Waals surface area contributed by atoms with Gasteiger partial charge in [0.25, 0.3) is 0 Å². The van der Waals surface area contributed by atoms with Crippen LogP contribution in [0.15, 0.2) is 18.2 Å². The molecule has 3 heteroatoms. The fourth-order valence-corrected chi connectivity index (χ4v) is 2.09. The van der Waals surface area contributed by atoms with Gasteiger partial charge in [0.2, 0.25) is 0 Å². The van der Waals surface area contributed by atoms with Crippen molar-refractivity contribution in [1.29, 1.82) is 0 Å². The third-order valence-electron chi connectivity index (χ3n) is 2.52. The third-order valence-corrected chi connectivity index (χ3v) is 2.95. The Bertz CT molecular complexity index is 335. The Kier molecular flexibility index (Phi) is 4.66. The quantitative estimate of drug-likeness (QED) is 0.828. The molecule has 0 aliphatic rings. The summed E-state index contributed by atoms with van der Waals surface area (Å²) in [5.74, 6) is 0. The van der Waals surface area contributed by atoms with Crippen LogP contribution in [0.4, 0.5) is 0 Å². The summed E-state index contributed by atoms with van der Waals surface area (Å²) in [4.78, 5) is 0. The van der Waals surface area contributed by atoms with Gasteiger partial charge >= 0.3 is 0 Å². The summed E-state index contributed by atoms with van der Waals surface area (Å²) in [6.45, 7) is 6.64. The predicted molar refractivity (Wildman–Crippen MR) is 72.1 cm³/mol. The molecule has 1 atom stereocenters. The summed E-state index contributed by atoms with van der Waals surface area (Å²) in [6.07, 6.45) is 2.03. The molecule has 0 aliphatic heterocycles. The lowest BCUT2D eigenvalue weighted by molar-refractivity contribution is 0.350. The minimum Gasteiger partial charge on any atom is -0.324 e. The Morgan fingerprint density at radius 1 is 1.12 bits per heavy atom. The van der Waals surface area contributed by atoms with E-state index in [1.165, 1.54) is 0 Å². The molecule has 0 fully saturated rings. The van der Waals surface area contributed by atoms with Crippen molar-refractivity contribution in [2.45, 2.75) is 39.7 Å². The largest absolute Gasteiger partial charge is 0.324 e. The molecule has 2 N–H and O–H groups in total. The molecule has 90 valence electrons. The lowest BCUT2D eigenvalue weighted by Crippen LogP contribution is -2.14. The van der Waals surface area contributed by atoms with E-state index in [1.807, 2.05) is 12.1 Å². The monoisotopic (exact) mass is 259 g/mol. The first-order valence-electron chi connectivity index (χ1n) is 5.49. The van der Waals surface area contributed by atoms with Crippen LogP contribution >= 0.6 is 23.2 Å². The molecule has 16 heavy (non-hydrogen) atoms. The zero-order chi connectivity index (χ0) is 12.3. The number of rotatable bonds is 3. The molecular weight excluding hydrogens is 241 g/mol. The maximum atomic E-state index is 6.12. The van der Waals surface area contributed by atoms with Crippen molar-refractivity contribution in [3.63, 3.8) is 0 Å². The maximum absolute atomic E-state index is 6.12. The topological polar surface area (TPSA) is 26.0 Å². The molecule has 1 unspecified atom stereocenters. The van der Waals surface area contributed by atoms with Crippen molar-refractivity contribution in [2.75, 3.05) is 0 Å². The molecule has 0 saturated carbocycles. The average Bonchev–Trinajstić information content (AvgIpc) is 2.11. The van der Waals surface area contributed by atoms with Crippen molar-refractivity contribution in [2.24, 2.45) is 11.1 Å². The highest BCUT2D eigenvalue weighted by Crippen LogP contribution is 2.28. The van der Waals surface area contributed by atoms with Crippen LogP contribution in [0.5, 0.6) is 0 Å². The highest BCUT2D eigenvalue weighted by molar-refractivity contribution is 6.34. The molecule has 0 radical (unpaired) electrons. The summed E-state index contributed by atoms with van der Waals surface area (Å²) >= 11 is 11.9. The average molecular weight is 260 g/mol. The molecule has 1 rings (SSSR count). The van der Waals surface area contributed by atoms with E-state index in [4.69, 9.17) is 28.9 Å². The summed E-state index contributed by atoms with van der Waals surface area (Å²) < 4.78 is 0. The summed E-state index contributed by atoms with van der Waals surface area (Å²) in [7, 11) is 0. The van der Waals surface area contributed by atoms with Gasteiger partial charge in [-0.15, -0.1) is 0 Å². The van der Waals surface area contributed by atoms with Crippen molar-refractivity contribution in [1.82, 2.24) is 0 Å². The van der Waals surface area contributed by atoms with Crippen LogP contribution in [0.3, 0.4) is 0 Å². The zero-order valence-electron chi connectivity index (χ0n) is 10.1. The van der Waals surface area contributed by atoms with E-state index in [0.717, 1.165) is 18.4 Å². The van der Waals surface area contributed by atoms with E-state index < -0.39 is 0 Å². The van der Waals surface area contributed by atoms with E-state index in [0.29, 0.717) is 15.5 Å². The van der Waals surface area contributed by atoms with Gasteiger partial charge in [0.1, 0.15) is 0 Å². The Morgan fingerprint density at radius 2 is 1.62 bits per heavy atom. The van der Waals surface area contributed by atoms with Crippen molar-refractivity contribution in [3.8, 4) is 0 Å². The van der Waals surface area contributed by atoms with Crippen LogP contribution in [-0.2, 0) is 0 Å². The van der Waals surface area contributed by atoms with Gasteiger partial charge in [-0.3, -0.25) is 0 Å². The second-order valence-electron chi connectivity index (χ2n) is 5.41. The van der Waals surface area contributed by atoms with E-state index in [9.17, 15) is 0 Å². The second-order valence-corrected chi connectivity index (χ2v) is 6.28. The van der Waals surface area contributed by atoms with Gasteiger partial charge in [0, 0.05) is 16.1 Å². The third kappa shape index (κ3) is 4.73. The van der Waals surface area contributed by atoms with E-state index in [1.54, 1.807) is 6.07 Å². The molecule has 0 spiro atoms. The molecule has 1 aromatic carbocycles. The minimum absolute atomic E-state index is 0.00965. The lowest BCUT2D eigenvalue weighted by Gasteiger charge is -2.21. The first kappa shape index (κ1) is 13.8. The molecule has 0 aromatic heterocycles. The Balaban J connectivity index is 2.69. The maximum Gasteiger partial charge on any atom is 0.0424 e. The first-order chi connectivity index (χ1) is 7.28. The Labute approximate surface area is 108 Å². The van der Waals surface area contributed by atoms with Crippen molar-refractivity contribution in [3.05, 3.63) is 33.8 Å². The van der Waals surface area contributed by atoms with Crippen LogP contribution in [0.25, 0.3) is 0 Å². The number of benzene rings is 1. The molecular formula is C13H19Cl2N. The molecule has 0 amide bonds. The van der Waals surface area contributed by atoms with Gasteiger partial charge in [-0.1, -0.05) is 44.0 Å². The minimum atomic E-state index is 0.00965. The van der Waals surface area contributed by atoms with Crippen molar-refractivity contribution >= 4 is 23.2 Å². The van der Waals surface area contributed by atoms with E-state index in [-0.39, 0.29) is 6.04 Å². The van der Waals surface area contributed by atoms with Crippen LogP contribution in [0.1, 0.15) is 45.2 Å². The molecule has 0 saturated heterocycles. The highest BCUT2D eigenvalue weighted by atomic mass is 35.5. The van der Waals surface area contributed by atoms with Gasteiger partial charge < -0.3 is 5.73 Å². The zero-order valence-corrected chi connectivity index (χ0v) is 11.6. The van der Waals surface area contributed by atoms with Crippen LogP contribution in [-0.4, -0.2) is 0 Å². The predicted octanol–water partition coefficient (Wildman–Crippen LogP) is 4.82. The Hall–Kier alpha value is -0.240. The SMILES string of the molecule is CC(C)(C)CCC(N)c1cc(Cl)cc(Cl)c1. The van der Waals surface area contributed by atoms with E-state index >= 15 is 0 Å². The molecule has 0 bridgehead atoms. The number of halogens is 2. The summed E-state index contributed by atoms with van der Waals surface area (Å²) in [5.41, 5.74) is 7.44. The van der Waals surface area contributed by atoms with Gasteiger partial charge in [-0.05, 0) is 42.0 Å². The normalized spacial score (nSPS) is 13.9. The molecule has 1 nitrogen and oxygen atoms in total. The van der Waals surface area contributed by atoms with Crippen molar-refractivity contribution < 1.29 is 0 Å². The van der Waals surface area contributed by atoms with Gasteiger partial charge in [-0.25, -0.2) is 0 Å². The fraction of sp³-hybridized carbons (Fsp3) is 0.538. The van der Waals surface area contributed by atoms with Gasteiger partial charge in [0.15, 0.2) is 0 Å². The lowest BCUT2D eigenvalue weighted by atomic mass is 9.87. The van der Waals surface area contributed by atoms with Crippen LogP contribution in [0, 0.1) is 5.41 Å². The summed E-state index contributed by atoms with van der Waals surface area (Å²) in [6, 6.07) is 5.51. The van der Waals surface area contributed by atoms with Gasteiger partial charge in [0.05, 0.1) is 0 Å². The second kappa shape index (κ2) is 5.39. The number of hydrogen-bond acceptors (Lipinski definition) is 1. The van der Waals surface area contributed by atoms with Crippen LogP contribution in [0.2, 0.25) is 10.0 Å². The first-order valence-corrected chi connectivity index (χ1v) is 6.25. The fourth-order valence-electron chi connectivity index (χ4n) is 1.54. The van der Waals surface area contributed by atoms with Crippen LogP contribution < -0.4 is 5.73 Å². The Morgan fingerprint density at radius 3 is 2.06 bits per heavy atom. The number of hydrogen-bond donors (Lipinski definition) is 1. The number of nitrogens with two attached hydrogens (primary N) is 1. The molecule has 0 aliphatic carbocycles. The molecule has 1 aromatic rings. The standard InChI is InChI=1S/C13H19Cl2N/c1-13(2,3)5-4-12(16)9-6-10(14)8-11(15)7-9/h6-8,12H,4-5,16H2,1-3H3. The smallest absolute Gasteiger partial charge is 0.0424 e. The van der Waals surface area contributed by atoms with E-state index in [2.05, 4.69) is 20.8 Å². The molecule has 0 heterocycles. The highest BCUT2D eigenvalue weighted by Gasteiger charge is 2.14. The summed E-state index contributed by atoms with van der Waals surface area (Å²) in [5, 5.41) is 1.29.